The van der Waals surface area contributed by atoms with E-state index in [1.54, 1.807) is 19.4 Å². The van der Waals surface area contributed by atoms with Crippen LogP contribution in [0.15, 0.2) is 41.7 Å². The minimum absolute atomic E-state index is 0.180. The van der Waals surface area contributed by atoms with Crippen molar-refractivity contribution < 1.29 is 14.3 Å². The third-order valence-electron chi connectivity index (χ3n) is 5.25. The number of amides is 1. The number of halogens is 1. The van der Waals surface area contributed by atoms with Gasteiger partial charge in [0.25, 0.3) is 5.91 Å². The molecule has 8 heteroatoms. The maximum absolute atomic E-state index is 13.3. The molecule has 2 aliphatic heterocycles. The number of guanidine groups is 1. The molecule has 3 heterocycles. The van der Waals surface area contributed by atoms with Gasteiger partial charge in [-0.3, -0.25) is 14.7 Å². The Bertz CT molecular complexity index is 965. The first-order valence-corrected chi connectivity index (χ1v) is 10.4. The number of ether oxygens (including phenoxy) is 2. The fourth-order valence-corrected chi connectivity index (χ4v) is 3.94. The monoisotopic (exact) mass is 430 g/mol. The van der Waals surface area contributed by atoms with Crippen LogP contribution >= 0.6 is 11.6 Å². The predicted octanol–water partition coefficient (Wildman–Crippen LogP) is 3.46. The van der Waals surface area contributed by atoms with E-state index in [0.29, 0.717) is 36.2 Å². The number of nitrogens with zero attached hydrogens (tertiary/aromatic N) is 3. The Hall–Kier alpha value is -2.64. The number of hydrogen-bond acceptors (Lipinski definition) is 6. The molecule has 0 aliphatic carbocycles. The molecule has 0 fully saturated rings. The summed E-state index contributed by atoms with van der Waals surface area (Å²) in [6.45, 7) is 7.11. The highest BCUT2D eigenvalue weighted by molar-refractivity contribution is 6.30. The number of likely N-dealkylation sites (N-methyl/N-ethyl adjacent to an activating group) is 1. The van der Waals surface area contributed by atoms with E-state index >= 15 is 0 Å². The van der Waals surface area contributed by atoms with Gasteiger partial charge in [-0.25, -0.2) is 4.99 Å². The minimum Gasteiger partial charge on any atom is -0.493 e. The molecule has 4 rings (SSSR count). The second-order valence-corrected chi connectivity index (χ2v) is 7.31. The van der Waals surface area contributed by atoms with Gasteiger partial charge in [0, 0.05) is 37.2 Å². The summed E-state index contributed by atoms with van der Waals surface area (Å²) in [5.41, 5.74) is 7.26. The molecule has 30 heavy (non-hydrogen) atoms. The Morgan fingerprint density at radius 2 is 2.07 bits per heavy atom. The molecule has 2 aliphatic rings. The van der Waals surface area contributed by atoms with Crippen LogP contribution in [0.2, 0.25) is 5.02 Å². The number of pyridine rings is 1. The Kier molecular flexibility index (Phi) is 6.63. The fraction of sp³-hybridized carbons (Fsp3) is 0.409. The van der Waals surface area contributed by atoms with Crippen molar-refractivity contribution >= 4 is 23.5 Å². The molecule has 1 unspecified atom stereocenters. The summed E-state index contributed by atoms with van der Waals surface area (Å²) in [4.78, 5) is 23.5. The molecular formula is C22H27ClN4O3. The number of aliphatic imine (C=N–C) groups is 1. The lowest BCUT2D eigenvalue weighted by molar-refractivity contribution is -0.135. The second-order valence-electron chi connectivity index (χ2n) is 6.87. The van der Waals surface area contributed by atoms with Gasteiger partial charge in [-0.2, -0.15) is 0 Å². The van der Waals surface area contributed by atoms with Crippen LogP contribution in [0.5, 0.6) is 5.75 Å². The van der Waals surface area contributed by atoms with Crippen LogP contribution in [0, 0.1) is 5.92 Å². The Labute approximate surface area is 181 Å². The highest BCUT2D eigenvalue weighted by atomic mass is 35.5. The summed E-state index contributed by atoms with van der Waals surface area (Å²) < 4.78 is 11.6. The minimum atomic E-state index is -1.16. The summed E-state index contributed by atoms with van der Waals surface area (Å²) in [6.07, 6.45) is 3.30. The molecule has 2 aromatic rings. The number of nitrogens with two attached hydrogens (primary N) is 1. The smallest absolute Gasteiger partial charge is 0.262 e. The highest BCUT2D eigenvalue weighted by Gasteiger charge is 2.57. The molecular weight excluding hydrogens is 404 g/mol. The van der Waals surface area contributed by atoms with Crippen LogP contribution in [0.3, 0.4) is 0 Å². The lowest BCUT2D eigenvalue weighted by Crippen LogP contribution is -2.50. The third-order valence-corrected chi connectivity index (χ3v) is 5.45. The first-order valence-electron chi connectivity index (χ1n) is 10.1. The molecule has 1 aromatic heterocycles. The van der Waals surface area contributed by atoms with Gasteiger partial charge < -0.3 is 15.2 Å². The molecule has 7 nitrogen and oxygen atoms in total. The maximum atomic E-state index is 13.3. The van der Waals surface area contributed by atoms with Gasteiger partial charge in [0.05, 0.1) is 24.2 Å². The van der Waals surface area contributed by atoms with Gasteiger partial charge in [-0.15, -0.1) is 0 Å². The summed E-state index contributed by atoms with van der Waals surface area (Å²) in [6, 6.07) is 7.50. The van der Waals surface area contributed by atoms with Crippen molar-refractivity contribution in [3.05, 3.63) is 47.2 Å². The summed E-state index contributed by atoms with van der Waals surface area (Å²) >= 11 is 6.10. The molecule has 0 saturated carbocycles. The third kappa shape index (κ3) is 3.63. The van der Waals surface area contributed by atoms with Crippen molar-refractivity contribution in [1.29, 1.82) is 0 Å². The van der Waals surface area contributed by atoms with Crippen molar-refractivity contribution in [1.82, 2.24) is 9.88 Å². The van der Waals surface area contributed by atoms with Gasteiger partial charge in [-0.1, -0.05) is 31.5 Å². The van der Waals surface area contributed by atoms with E-state index in [2.05, 4.69) is 9.98 Å². The largest absolute Gasteiger partial charge is 0.493 e. The van der Waals surface area contributed by atoms with Crippen LogP contribution in [0.25, 0.3) is 11.1 Å². The number of benzene rings is 1. The van der Waals surface area contributed by atoms with E-state index < -0.39 is 5.54 Å². The zero-order valence-corrected chi connectivity index (χ0v) is 18.4. The van der Waals surface area contributed by atoms with Crippen LogP contribution in [-0.4, -0.2) is 48.6 Å². The zero-order valence-electron chi connectivity index (χ0n) is 17.7. The van der Waals surface area contributed by atoms with Crippen LogP contribution < -0.4 is 10.5 Å². The summed E-state index contributed by atoms with van der Waals surface area (Å²) in [5.74, 6) is 0.338. The number of rotatable bonds is 4. The number of carbonyl (C=O) groups excluding carboxylic acids is 1. The normalized spacial score (nSPS) is 22.2. The maximum Gasteiger partial charge on any atom is 0.262 e. The van der Waals surface area contributed by atoms with E-state index in [4.69, 9.17) is 26.8 Å². The average molecular weight is 431 g/mol. The molecule has 160 valence electrons. The molecule has 1 aromatic carbocycles. The van der Waals surface area contributed by atoms with Gasteiger partial charge in [0.2, 0.25) is 0 Å². The summed E-state index contributed by atoms with van der Waals surface area (Å²) in [5, 5.41) is 0.536. The van der Waals surface area contributed by atoms with E-state index in [1.807, 2.05) is 45.0 Å². The molecule has 0 bridgehead atoms. The van der Waals surface area contributed by atoms with Gasteiger partial charge in [0.15, 0.2) is 11.5 Å². The zero-order chi connectivity index (χ0) is 21.9. The van der Waals surface area contributed by atoms with E-state index in [0.717, 1.165) is 11.1 Å². The average Bonchev–Trinajstić information content (AvgIpc) is 2.99. The molecule has 2 N–H and O–H groups in total. The second kappa shape index (κ2) is 9.02. The number of fused-ring (bicyclic) bond motifs is 2. The fourth-order valence-electron chi connectivity index (χ4n) is 3.77. The van der Waals surface area contributed by atoms with Gasteiger partial charge >= 0.3 is 0 Å². The van der Waals surface area contributed by atoms with Crippen molar-refractivity contribution in [2.75, 3.05) is 26.9 Å². The lowest BCUT2D eigenvalue weighted by atomic mass is 9.75. The Morgan fingerprint density at radius 1 is 1.30 bits per heavy atom. The van der Waals surface area contributed by atoms with Gasteiger partial charge in [-0.05, 0) is 30.7 Å². The standard InChI is InChI=1S/C20H21ClN4O3.C2H6/c1-3-27-10-14-11-28-17-5-4-12(13-6-15(21)9-23-8-13)7-16(17)20(14)18(26)25(2)19(22)24-20;1-2/h4-9,14H,3,10-11H2,1-2H3,(H2,22,24);1-2H3/t14-,20?;/m1./s1. The predicted molar refractivity (Wildman–Crippen MR) is 118 cm³/mol. The quantitative estimate of drug-likeness (QED) is 0.802. The number of hydrogen-bond donors (Lipinski definition) is 1. The molecule has 1 amide bonds. The number of carbonyl (C=O) groups is 1. The topological polar surface area (TPSA) is 90.0 Å². The molecule has 2 atom stereocenters. The van der Waals surface area contributed by atoms with Crippen LogP contribution in [0.4, 0.5) is 0 Å². The van der Waals surface area contributed by atoms with E-state index in [1.165, 1.54) is 4.90 Å². The Morgan fingerprint density at radius 3 is 2.70 bits per heavy atom. The molecule has 0 radical (unpaired) electrons. The SMILES string of the molecule is CC.CCOC[C@@H]1COc2ccc(-c3cncc(Cl)c3)cc2C12N=C(N)N(C)C2=O. The van der Waals surface area contributed by atoms with Crippen molar-refractivity contribution in [2.24, 2.45) is 16.6 Å². The summed E-state index contributed by atoms with van der Waals surface area (Å²) in [7, 11) is 1.63. The lowest BCUT2D eigenvalue weighted by Gasteiger charge is -2.38. The van der Waals surface area contributed by atoms with E-state index in [9.17, 15) is 4.79 Å². The van der Waals surface area contributed by atoms with E-state index in [-0.39, 0.29) is 17.8 Å². The van der Waals surface area contributed by atoms with Crippen molar-refractivity contribution in [2.45, 2.75) is 26.3 Å². The van der Waals surface area contributed by atoms with Crippen molar-refractivity contribution in [3.8, 4) is 16.9 Å². The number of aromatic nitrogens is 1. The molecule has 0 saturated heterocycles. The van der Waals surface area contributed by atoms with Crippen LogP contribution in [0.1, 0.15) is 26.3 Å². The molecule has 1 spiro atoms. The first-order chi connectivity index (χ1) is 14.5. The highest BCUT2D eigenvalue weighted by Crippen LogP contribution is 2.48. The van der Waals surface area contributed by atoms with Gasteiger partial charge in [0.1, 0.15) is 5.75 Å². The Balaban J connectivity index is 0.00000124. The van der Waals surface area contributed by atoms with Crippen molar-refractivity contribution in [3.63, 3.8) is 0 Å². The van der Waals surface area contributed by atoms with Crippen LogP contribution in [-0.2, 0) is 15.1 Å². The first kappa shape index (κ1) is 22.1.